The maximum atomic E-state index is 10.3. The lowest BCUT2D eigenvalue weighted by molar-refractivity contribution is -0.261. The van der Waals surface area contributed by atoms with E-state index < -0.39 is 24.5 Å². The van der Waals surface area contributed by atoms with Crippen molar-refractivity contribution >= 4 is 5.97 Å². The van der Waals surface area contributed by atoms with Crippen molar-refractivity contribution in [2.75, 3.05) is 6.61 Å². The highest BCUT2D eigenvalue weighted by atomic mass is 16.7. The molecule has 6 heteroatoms. The van der Waals surface area contributed by atoms with Gasteiger partial charge < -0.3 is 24.8 Å². The zero-order chi connectivity index (χ0) is 22.0. The van der Waals surface area contributed by atoms with Gasteiger partial charge in [-0.3, -0.25) is 0 Å². The van der Waals surface area contributed by atoms with Crippen LogP contribution < -0.4 is 0 Å². The Hall–Kier alpha value is -0.950. The fourth-order valence-electron chi connectivity index (χ4n) is 3.79. The average molecular weight is 429 g/mol. The van der Waals surface area contributed by atoms with Gasteiger partial charge in [0.25, 0.3) is 0 Å². The van der Waals surface area contributed by atoms with Crippen molar-refractivity contribution in [3.8, 4) is 0 Å². The molecule has 1 fully saturated rings. The number of carboxylic acid groups (broad SMARTS) is 1. The fraction of sp³-hybridized carbons (Fsp3) is 0.875. The molecule has 176 valence electrons. The van der Waals surface area contributed by atoms with Crippen LogP contribution in [-0.2, 0) is 14.3 Å². The van der Waals surface area contributed by atoms with Crippen molar-refractivity contribution in [2.24, 2.45) is 0 Å². The van der Waals surface area contributed by atoms with Crippen LogP contribution in [0.2, 0.25) is 0 Å². The Morgan fingerprint density at radius 3 is 1.90 bits per heavy atom. The standard InChI is InChI=1S/C24H44O6/c1-20-21(25)19-22(26)24(30-20)29-18-16-14-12-10-8-6-4-2-3-5-7-9-11-13-15-17-23(27)28/h15,17,20-22,24-26H,2-14,16,18-19H2,1H3,(H,27,28)/b17-15+/t20-,21+,22+,24+/m0/s1. The number of aliphatic hydroxyl groups is 2. The fourth-order valence-corrected chi connectivity index (χ4v) is 3.79. The average Bonchev–Trinajstić information content (AvgIpc) is 2.70. The van der Waals surface area contributed by atoms with Gasteiger partial charge in [-0.05, 0) is 26.2 Å². The predicted molar refractivity (Wildman–Crippen MR) is 118 cm³/mol. The molecule has 0 aromatic rings. The molecular formula is C24H44O6. The first-order valence-electron chi connectivity index (χ1n) is 12.0. The zero-order valence-corrected chi connectivity index (χ0v) is 18.8. The third kappa shape index (κ3) is 14.1. The molecule has 6 nitrogen and oxygen atoms in total. The minimum absolute atomic E-state index is 0.286. The number of rotatable bonds is 18. The van der Waals surface area contributed by atoms with Gasteiger partial charge in [0.15, 0.2) is 6.29 Å². The number of aliphatic carboxylic acids is 1. The molecule has 0 aromatic heterocycles. The Balaban J connectivity index is 1.77. The molecule has 4 atom stereocenters. The molecule has 0 aromatic carbocycles. The molecule has 1 saturated heterocycles. The Labute approximate surface area is 182 Å². The number of hydrogen-bond donors (Lipinski definition) is 3. The Morgan fingerprint density at radius 1 is 0.867 bits per heavy atom. The van der Waals surface area contributed by atoms with E-state index in [-0.39, 0.29) is 6.10 Å². The predicted octanol–water partition coefficient (Wildman–Crippen LogP) is 4.96. The maximum Gasteiger partial charge on any atom is 0.327 e. The molecule has 1 aliphatic rings. The van der Waals surface area contributed by atoms with Crippen molar-refractivity contribution in [1.29, 1.82) is 0 Å². The van der Waals surface area contributed by atoms with Crippen molar-refractivity contribution in [3.05, 3.63) is 12.2 Å². The van der Waals surface area contributed by atoms with Gasteiger partial charge in [-0.2, -0.15) is 0 Å². The zero-order valence-electron chi connectivity index (χ0n) is 18.8. The van der Waals surface area contributed by atoms with Crippen LogP contribution in [-0.4, -0.2) is 52.5 Å². The maximum absolute atomic E-state index is 10.3. The second kappa shape index (κ2) is 17.7. The first-order valence-corrected chi connectivity index (χ1v) is 12.0. The SMILES string of the molecule is C[C@@H]1O[C@@H](OCCCCCCCCCCCCCCC/C=C/C(=O)O)[C@H](O)C[C@H]1O. The van der Waals surface area contributed by atoms with Crippen molar-refractivity contribution < 1.29 is 29.6 Å². The van der Waals surface area contributed by atoms with E-state index in [0.29, 0.717) is 13.0 Å². The Bertz CT molecular complexity index is 453. The molecule has 0 bridgehead atoms. The molecule has 30 heavy (non-hydrogen) atoms. The summed E-state index contributed by atoms with van der Waals surface area (Å²) in [6.45, 7) is 2.40. The summed E-state index contributed by atoms with van der Waals surface area (Å²) in [5.74, 6) is -0.855. The molecule has 0 aliphatic carbocycles. The molecule has 0 unspecified atom stereocenters. The van der Waals surface area contributed by atoms with E-state index in [2.05, 4.69) is 0 Å². The van der Waals surface area contributed by atoms with Crippen LogP contribution in [0.5, 0.6) is 0 Å². The van der Waals surface area contributed by atoms with E-state index >= 15 is 0 Å². The van der Waals surface area contributed by atoms with Crippen molar-refractivity contribution in [3.63, 3.8) is 0 Å². The summed E-state index contributed by atoms with van der Waals surface area (Å²) in [7, 11) is 0. The highest BCUT2D eigenvalue weighted by molar-refractivity contribution is 5.79. The van der Waals surface area contributed by atoms with Gasteiger partial charge >= 0.3 is 5.97 Å². The summed E-state index contributed by atoms with van der Waals surface area (Å²) in [5, 5.41) is 28.0. The monoisotopic (exact) mass is 428 g/mol. The van der Waals surface area contributed by atoms with Gasteiger partial charge in [0.2, 0.25) is 0 Å². The first kappa shape index (κ1) is 27.1. The number of aliphatic hydroxyl groups excluding tert-OH is 2. The topological polar surface area (TPSA) is 96.2 Å². The minimum Gasteiger partial charge on any atom is -0.478 e. The van der Waals surface area contributed by atoms with Gasteiger partial charge in [-0.1, -0.05) is 76.7 Å². The first-order chi connectivity index (χ1) is 14.5. The number of carbonyl (C=O) groups is 1. The second-order valence-corrected chi connectivity index (χ2v) is 8.58. The molecule has 1 aliphatic heterocycles. The summed E-state index contributed by atoms with van der Waals surface area (Å²) in [5.41, 5.74) is 0. The summed E-state index contributed by atoms with van der Waals surface area (Å²) in [6.07, 6.45) is 18.0. The molecule has 1 rings (SSSR count). The van der Waals surface area contributed by atoms with Crippen LogP contribution in [0.25, 0.3) is 0 Å². The van der Waals surface area contributed by atoms with Crippen LogP contribution in [0.3, 0.4) is 0 Å². The van der Waals surface area contributed by atoms with E-state index in [1.807, 2.05) is 0 Å². The number of hydrogen-bond acceptors (Lipinski definition) is 5. The molecule has 0 amide bonds. The van der Waals surface area contributed by atoms with E-state index in [0.717, 1.165) is 25.7 Å². The lowest BCUT2D eigenvalue weighted by Crippen LogP contribution is -2.47. The summed E-state index contributed by atoms with van der Waals surface area (Å²) < 4.78 is 11.1. The van der Waals surface area contributed by atoms with Crippen LogP contribution in [0, 0.1) is 0 Å². The molecular weight excluding hydrogens is 384 g/mol. The largest absolute Gasteiger partial charge is 0.478 e. The molecule has 3 N–H and O–H groups in total. The molecule has 0 radical (unpaired) electrons. The van der Waals surface area contributed by atoms with Crippen molar-refractivity contribution in [2.45, 2.75) is 128 Å². The minimum atomic E-state index is -0.855. The third-order valence-electron chi connectivity index (χ3n) is 5.75. The van der Waals surface area contributed by atoms with E-state index in [1.54, 1.807) is 13.0 Å². The van der Waals surface area contributed by atoms with E-state index in [9.17, 15) is 15.0 Å². The molecule has 0 saturated carbocycles. The number of ether oxygens (including phenoxy) is 2. The summed E-state index contributed by atoms with van der Waals surface area (Å²) in [6, 6.07) is 0. The lowest BCUT2D eigenvalue weighted by atomic mass is 10.0. The van der Waals surface area contributed by atoms with Gasteiger partial charge in [0, 0.05) is 19.1 Å². The highest BCUT2D eigenvalue weighted by Gasteiger charge is 2.34. The van der Waals surface area contributed by atoms with Gasteiger partial charge in [0.05, 0.1) is 12.2 Å². The third-order valence-corrected chi connectivity index (χ3v) is 5.75. The Kier molecular flexibility index (Phi) is 16.0. The van der Waals surface area contributed by atoms with Crippen LogP contribution in [0.4, 0.5) is 0 Å². The van der Waals surface area contributed by atoms with Gasteiger partial charge in [-0.25, -0.2) is 4.79 Å². The summed E-state index contributed by atoms with van der Waals surface area (Å²) >= 11 is 0. The number of carboxylic acids is 1. The van der Waals surface area contributed by atoms with Crippen LogP contribution in [0.15, 0.2) is 12.2 Å². The second-order valence-electron chi connectivity index (χ2n) is 8.58. The summed E-state index contributed by atoms with van der Waals surface area (Å²) in [4.78, 5) is 10.3. The number of allylic oxidation sites excluding steroid dienone is 1. The highest BCUT2D eigenvalue weighted by Crippen LogP contribution is 2.21. The number of unbranched alkanes of at least 4 members (excludes halogenated alkanes) is 13. The van der Waals surface area contributed by atoms with E-state index in [4.69, 9.17) is 14.6 Å². The lowest BCUT2D eigenvalue weighted by Gasteiger charge is -2.35. The van der Waals surface area contributed by atoms with Gasteiger partial charge in [0.1, 0.15) is 6.10 Å². The van der Waals surface area contributed by atoms with E-state index in [1.165, 1.54) is 70.3 Å². The molecule has 0 spiro atoms. The quantitative estimate of drug-likeness (QED) is 0.211. The van der Waals surface area contributed by atoms with Crippen molar-refractivity contribution in [1.82, 2.24) is 0 Å². The van der Waals surface area contributed by atoms with Crippen LogP contribution in [0.1, 0.15) is 103 Å². The van der Waals surface area contributed by atoms with Gasteiger partial charge in [-0.15, -0.1) is 0 Å². The van der Waals surface area contributed by atoms with Crippen LogP contribution >= 0.6 is 0 Å². The Morgan fingerprint density at radius 2 is 1.37 bits per heavy atom. The smallest absolute Gasteiger partial charge is 0.327 e. The normalized spacial score (nSPS) is 24.5. The molecule has 1 heterocycles.